The monoisotopic (exact) mass is 523 g/mol. The minimum absolute atomic E-state index is 0.0775. The lowest BCUT2D eigenvalue weighted by molar-refractivity contribution is -0.140. The van der Waals surface area contributed by atoms with Gasteiger partial charge in [0.25, 0.3) is 0 Å². The SMILES string of the molecule is CCCNC(=O)[C@@H](C)N(Cc1ccccc1)C(=O)CCCN(c1ccc(OC)c(Cl)c1)S(C)(=O)=O. The second-order valence-corrected chi connectivity index (χ2v) is 10.5. The lowest BCUT2D eigenvalue weighted by Crippen LogP contribution is -2.47. The van der Waals surface area contributed by atoms with E-state index in [0.717, 1.165) is 18.2 Å². The van der Waals surface area contributed by atoms with Crippen LogP contribution in [0.25, 0.3) is 0 Å². The maximum Gasteiger partial charge on any atom is 0.242 e. The van der Waals surface area contributed by atoms with Crippen molar-refractivity contribution in [2.75, 3.05) is 30.8 Å². The third kappa shape index (κ3) is 8.43. The summed E-state index contributed by atoms with van der Waals surface area (Å²) in [6.45, 7) is 4.56. The number of ether oxygens (including phenoxy) is 1. The fourth-order valence-corrected chi connectivity index (χ4v) is 4.78. The molecular weight excluding hydrogens is 490 g/mol. The van der Waals surface area contributed by atoms with Crippen molar-refractivity contribution in [3.8, 4) is 5.75 Å². The lowest BCUT2D eigenvalue weighted by Gasteiger charge is -2.29. The van der Waals surface area contributed by atoms with Crippen LogP contribution in [0, 0.1) is 0 Å². The van der Waals surface area contributed by atoms with Gasteiger partial charge in [-0.05, 0) is 43.5 Å². The van der Waals surface area contributed by atoms with E-state index in [4.69, 9.17) is 16.3 Å². The summed E-state index contributed by atoms with van der Waals surface area (Å²) >= 11 is 6.18. The van der Waals surface area contributed by atoms with E-state index in [-0.39, 0.29) is 42.8 Å². The highest BCUT2D eigenvalue weighted by Crippen LogP contribution is 2.30. The van der Waals surface area contributed by atoms with E-state index in [1.807, 2.05) is 37.3 Å². The number of hydrogen-bond donors (Lipinski definition) is 1. The summed E-state index contributed by atoms with van der Waals surface area (Å²) in [5, 5.41) is 3.13. The molecule has 0 saturated carbocycles. The molecule has 0 aliphatic heterocycles. The third-order valence-electron chi connectivity index (χ3n) is 5.49. The molecule has 0 aromatic heterocycles. The van der Waals surface area contributed by atoms with Gasteiger partial charge in [0.15, 0.2) is 0 Å². The number of nitrogens with zero attached hydrogens (tertiary/aromatic N) is 2. The van der Waals surface area contributed by atoms with Crippen LogP contribution < -0.4 is 14.4 Å². The molecular formula is C25H34ClN3O5S. The highest BCUT2D eigenvalue weighted by Gasteiger charge is 2.26. The molecule has 2 rings (SSSR count). The van der Waals surface area contributed by atoms with Crippen molar-refractivity contribution >= 4 is 39.1 Å². The number of halogens is 1. The molecule has 0 aliphatic carbocycles. The molecule has 1 N–H and O–H groups in total. The molecule has 0 spiro atoms. The number of sulfonamides is 1. The van der Waals surface area contributed by atoms with Crippen LogP contribution in [0.15, 0.2) is 48.5 Å². The van der Waals surface area contributed by atoms with E-state index in [0.29, 0.717) is 18.0 Å². The van der Waals surface area contributed by atoms with Crippen molar-refractivity contribution in [1.82, 2.24) is 10.2 Å². The van der Waals surface area contributed by atoms with Gasteiger partial charge < -0.3 is 15.0 Å². The molecule has 0 heterocycles. The van der Waals surface area contributed by atoms with Gasteiger partial charge in [0.1, 0.15) is 11.8 Å². The van der Waals surface area contributed by atoms with E-state index in [1.165, 1.54) is 22.4 Å². The van der Waals surface area contributed by atoms with Crippen LogP contribution >= 0.6 is 11.6 Å². The minimum atomic E-state index is -3.62. The summed E-state index contributed by atoms with van der Waals surface area (Å²) in [7, 11) is -2.14. The van der Waals surface area contributed by atoms with Crippen LogP contribution in [0.1, 0.15) is 38.7 Å². The molecule has 0 bridgehead atoms. The Labute approximate surface area is 213 Å². The molecule has 2 aromatic carbocycles. The predicted molar refractivity (Wildman–Crippen MR) is 139 cm³/mol. The number of anilines is 1. The van der Waals surface area contributed by atoms with Gasteiger partial charge in [0, 0.05) is 26.1 Å². The van der Waals surface area contributed by atoms with Gasteiger partial charge >= 0.3 is 0 Å². The Kier molecular flexibility index (Phi) is 10.9. The maximum atomic E-state index is 13.2. The van der Waals surface area contributed by atoms with Crippen molar-refractivity contribution < 1.29 is 22.7 Å². The Morgan fingerprint density at radius 2 is 1.83 bits per heavy atom. The topological polar surface area (TPSA) is 96.0 Å². The number of amides is 2. The van der Waals surface area contributed by atoms with Crippen LogP contribution in [-0.2, 0) is 26.2 Å². The molecule has 2 amide bonds. The molecule has 35 heavy (non-hydrogen) atoms. The van der Waals surface area contributed by atoms with E-state index < -0.39 is 16.1 Å². The number of nitrogens with one attached hydrogen (secondary N) is 1. The van der Waals surface area contributed by atoms with Crippen LogP contribution in [0.4, 0.5) is 5.69 Å². The second kappa shape index (κ2) is 13.3. The van der Waals surface area contributed by atoms with Gasteiger partial charge in [-0.1, -0.05) is 48.9 Å². The summed E-state index contributed by atoms with van der Waals surface area (Å²) in [4.78, 5) is 27.4. The number of carbonyl (C=O) groups is 2. The number of carbonyl (C=O) groups excluding carboxylic acids is 2. The van der Waals surface area contributed by atoms with Crippen LogP contribution in [0.2, 0.25) is 5.02 Å². The van der Waals surface area contributed by atoms with Crippen molar-refractivity contribution in [3.63, 3.8) is 0 Å². The highest BCUT2D eigenvalue weighted by atomic mass is 35.5. The zero-order chi connectivity index (χ0) is 26.0. The first-order chi connectivity index (χ1) is 16.6. The fraction of sp³-hybridized carbons (Fsp3) is 0.440. The fourth-order valence-electron chi connectivity index (χ4n) is 3.57. The Morgan fingerprint density at radius 1 is 1.14 bits per heavy atom. The number of hydrogen-bond acceptors (Lipinski definition) is 5. The zero-order valence-electron chi connectivity index (χ0n) is 20.7. The van der Waals surface area contributed by atoms with Gasteiger partial charge in [0.05, 0.1) is 24.1 Å². The highest BCUT2D eigenvalue weighted by molar-refractivity contribution is 7.92. The van der Waals surface area contributed by atoms with E-state index >= 15 is 0 Å². The van der Waals surface area contributed by atoms with Crippen LogP contribution in [-0.4, -0.2) is 57.6 Å². The van der Waals surface area contributed by atoms with Crippen molar-refractivity contribution in [3.05, 3.63) is 59.1 Å². The molecule has 1 atom stereocenters. The molecule has 0 unspecified atom stereocenters. The first-order valence-corrected chi connectivity index (χ1v) is 13.7. The summed E-state index contributed by atoms with van der Waals surface area (Å²) in [6, 6.07) is 13.5. The Hall–Kier alpha value is -2.78. The van der Waals surface area contributed by atoms with Crippen molar-refractivity contribution in [2.24, 2.45) is 0 Å². The van der Waals surface area contributed by atoms with E-state index in [2.05, 4.69) is 5.32 Å². The molecule has 192 valence electrons. The number of rotatable bonds is 13. The largest absolute Gasteiger partial charge is 0.495 e. The second-order valence-electron chi connectivity index (χ2n) is 8.23. The smallest absolute Gasteiger partial charge is 0.242 e. The molecule has 8 nitrogen and oxygen atoms in total. The lowest BCUT2D eigenvalue weighted by atomic mass is 10.1. The molecule has 10 heteroatoms. The summed E-state index contributed by atoms with van der Waals surface area (Å²) in [5.41, 5.74) is 1.29. The van der Waals surface area contributed by atoms with Crippen LogP contribution in [0.3, 0.4) is 0 Å². The molecule has 0 fully saturated rings. The summed E-state index contributed by atoms with van der Waals surface area (Å²) < 4.78 is 31.2. The van der Waals surface area contributed by atoms with Crippen molar-refractivity contribution in [2.45, 2.75) is 45.7 Å². The Balaban J connectivity index is 2.15. The Bertz CT molecular complexity index is 1100. The molecule has 0 aliphatic rings. The first-order valence-electron chi connectivity index (χ1n) is 11.5. The molecule has 0 saturated heterocycles. The number of benzene rings is 2. The molecule has 2 aromatic rings. The van der Waals surface area contributed by atoms with Crippen LogP contribution in [0.5, 0.6) is 5.75 Å². The number of methoxy groups -OCH3 is 1. The van der Waals surface area contributed by atoms with Gasteiger partial charge in [-0.25, -0.2) is 8.42 Å². The maximum absolute atomic E-state index is 13.2. The van der Waals surface area contributed by atoms with Gasteiger partial charge in [-0.2, -0.15) is 0 Å². The standard InChI is InChI=1S/C25H34ClN3O5S/c1-5-15-27-25(31)19(2)28(18-20-10-7-6-8-11-20)24(30)12-9-16-29(35(4,32)33)21-13-14-23(34-3)22(26)17-21/h6-8,10-11,13-14,17,19H,5,9,12,15-16,18H2,1-4H3,(H,27,31)/t19-/m1/s1. The third-order valence-corrected chi connectivity index (χ3v) is 6.98. The normalized spacial score (nSPS) is 12.0. The van der Waals surface area contributed by atoms with Gasteiger partial charge in [0.2, 0.25) is 21.8 Å². The van der Waals surface area contributed by atoms with E-state index in [9.17, 15) is 18.0 Å². The minimum Gasteiger partial charge on any atom is -0.495 e. The van der Waals surface area contributed by atoms with Crippen molar-refractivity contribution in [1.29, 1.82) is 0 Å². The average Bonchev–Trinajstić information content (AvgIpc) is 2.82. The van der Waals surface area contributed by atoms with Gasteiger partial charge in [-0.3, -0.25) is 13.9 Å². The van der Waals surface area contributed by atoms with E-state index in [1.54, 1.807) is 19.1 Å². The van der Waals surface area contributed by atoms with Gasteiger partial charge in [-0.15, -0.1) is 0 Å². The Morgan fingerprint density at radius 3 is 2.40 bits per heavy atom. The zero-order valence-corrected chi connectivity index (χ0v) is 22.2. The summed E-state index contributed by atoms with van der Waals surface area (Å²) in [5.74, 6) is -0.0121. The predicted octanol–water partition coefficient (Wildman–Crippen LogP) is 3.84. The quantitative estimate of drug-likeness (QED) is 0.430. The first kappa shape index (κ1) is 28.5. The average molecular weight is 524 g/mol. The molecule has 0 radical (unpaired) electrons. The summed E-state index contributed by atoms with van der Waals surface area (Å²) in [6.07, 6.45) is 2.24.